The van der Waals surface area contributed by atoms with Gasteiger partial charge in [-0.3, -0.25) is 15.6 Å². The van der Waals surface area contributed by atoms with Crippen molar-refractivity contribution in [3.8, 4) is 11.5 Å². The first-order chi connectivity index (χ1) is 12.1. The summed E-state index contributed by atoms with van der Waals surface area (Å²) >= 11 is 11.0. The fourth-order valence-corrected chi connectivity index (χ4v) is 2.15. The Morgan fingerprint density at radius 1 is 1.12 bits per heavy atom. The molecular weight excluding hydrogens is 362 g/mol. The summed E-state index contributed by atoms with van der Waals surface area (Å²) < 4.78 is 10.4. The lowest BCUT2D eigenvalue weighted by Gasteiger charge is -2.12. The van der Waals surface area contributed by atoms with Crippen molar-refractivity contribution in [2.75, 3.05) is 13.7 Å². The summed E-state index contributed by atoms with van der Waals surface area (Å²) in [6.07, 6.45) is 0. The molecule has 2 rings (SSSR count). The van der Waals surface area contributed by atoms with E-state index < -0.39 is 0 Å². The van der Waals surface area contributed by atoms with Gasteiger partial charge < -0.3 is 14.8 Å². The number of ether oxygens (including phenoxy) is 2. The van der Waals surface area contributed by atoms with Crippen molar-refractivity contribution < 1.29 is 14.3 Å². The minimum absolute atomic E-state index is 0.183. The van der Waals surface area contributed by atoms with E-state index in [9.17, 15) is 4.79 Å². The molecule has 0 heterocycles. The van der Waals surface area contributed by atoms with Crippen molar-refractivity contribution in [2.24, 2.45) is 0 Å². The van der Waals surface area contributed by atoms with Crippen LogP contribution < -0.4 is 25.6 Å². The number of methoxy groups -OCH3 is 1. The molecule has 0 aliphatic rings. The summed E-state index contributed by atoms with van der Waals surface area (Å²) in [4.78, 5) is 11.7. The second-order valence-corrected chi connectivity index (χ2v) is 5.74. The molecule has 6 nitrogen and oxygen atoms in total. The summed E-state index contributed by atoms with van der Waals surface area (Å²) in [5, 5.41) is 3.72. The Morgan fingerprint density at radius 2 is 1.84 bits per heavy atom. The zero-order valence-corrected chi connectivity index (χ0v) is 15.1. The maximum atomic E-state index is 11.7. The number of carbonyl (C=O) groups is 1. The van der Waals surface area contributed by atoms with Gasteiger partial charge in [0.2, 0.25) is 0 Å². The molecule has 25 heavy (non-hydrogen) atoms. The van der Waals surface area contributed by atoms with Gasteiger partial charge in [-0.2, -0.15) is 0 Å². The summed E-state index contributed by atoms with van der Waals surface area (Å²) in [6, 6.07) is 14.5. The molecule has 0 saturated carbocycles. The molecular formula is C17H18ClN3O3S. The van der Waals surface area contributed by atoms with Crippen LogP contribution in [-0.2, 0) is 11.3 Å². The first kappa shape index (κ1) is 18.8. The molecule has 2 aromatic carbocycles. The van der Waals surface area contributed by atoms with Crippen LogP contribution in [-0.4, -0.2) is 24.7 Å². The van der Waals surface area contributed by atoms with Crippen molar-refractivity contribution in [3.05, 3.63) is 59.1 Å². The number of nitrogens with one attached hydrogen (secondary N) is 3. The van der Waals surface area contributed by atoms with Crippen molar-refractivity contribution in [2.45, 2.75) is 6.54 Å². The lowest BCUT2D eigenvalue weighted by Crippen LogP contribution is -2.48. The number of benzene rings is 2. The third-order valence-electron chi connectivity index (χ3n) is 3.12. The number of thiocarbonyl (C=S) groups is 1. The first-order valence-corrected chi connectivity index (χ1v) is 8.20. The third-order valence-corrected chi connectivity index (χ3v) is 3.68. The molecule has 0 radical (unpaired) electrons. The van der Waals surface area contributed by atoms with E-state index in [1.165, 1.54) is 0 Å². The van der Waals surface area contributed by atoms with Crippen LogP contribution in [0.25, 0.3) is 0 Å². The molecule has 0 aliphatic heterocycles. The molecule has 3 N–H and O–H groups in total. The van der Waals surface area contributed by atoms with Crippen LogP contribution in [0, 0.1) is 0 Å². The number of amides is 1. The topological polar surface area (TPSA) is 71.6 Å². The average Bonchev–Trinajstić information content (AvgIpc) is 2.64. The standard InChI is InChI=1S/C17H18ClN3O3S/c1-23-13-8-6-12(7-9-13)10-19-17(25)21-20-16(22)11-24-15-5-3-2-4-14(15)18/h2-9H,10-11H2,1H3,(H,20,22)(H2,19,21,25). The highest BCUT2D eigenvalue weighted by Gasteiger charge is 2.05. The van der Waals surface area contributed by atoms with Gasteiger partial charge >= 0.3 is 0 Å². The minimum atomic E-state index is -0.381. The van der Waals surface area contributed by atoms with Gasteiger partial charge in [-0.1, -0.05) is 35.9 Å². The Bertz CT molecular complexity index is 725. The van der Waals surface area contributed by atoms with E-state index in [1.54, 1.807) is 31.4 Å². The Kier molecular flexibility index (Phi) is 7.31. The smallest absolute Gasteiger partial charge is 0.276 e. The Labute approximate surface area is 156 Å². The van der Waals surface area contributed by atoms with Crippen molar-refractivity contribution >= 4 is 34.8 Å². The molecule has 0 aromatic heterocycles. The van der Waals surface area contributed by atoms with Crippen molar-refractivity contribution in [1.82, 2.24) is 16.2 Å². The van der Waals surface area contributed by atoms with Gasteiger partial charge in [-0.15, -0.1) is 0 Å². The predicted molar refractivity (Wildman–Crippen MR) is 101 cm³/mol. The fourth-order valence-electron chi connectivity index (χ4n) is 1.84. The van der Waals surface area contributed by atoms with E-state index in [1.807, 2.05) is 24.3 Å². The molecule has 0 bridgehead atoms. The lowest BCUT2D eigenvalue weighted by atomic mass is 10.2. The molecule has 132 valence electrons. The molecule has 2 aromatic rings. The molecule has 0 aliphatic carbocycles. The Morgan fingerprint density at radius 3 is 2.52 bits per heavy atom. The highest BCUT2D eigenvalue weighted by Crippen LogP contribution is 2.22. The zero-order valence-electron chi connectivity index (χ0n) is 13.5. The van der Waals surface area contributed by atoms with Crippen LogP contribution in [0.2, 0.25) is 5.02 Å². The summed E-state index contributed by atoms with van der Waals surface area (Å²) in [5.41, 5.74) is 6.08. The molecule has 0 spiro atoms. The second-order valence-electron chi connectivity index (χ2n) is 4.92. The first-order valence-electron chi connectivity index (χ1n) is 7.41. The van der Waals surface area contributed by atoms with Gasteiger partial charge in [0, 0.05) is 6.54 Å². The predicted octanol–water partition coefficient (Wildman–Crippen LogP) is 2.42. The van der Waals surface area contributed by atoms with Gasteiger partial charge in [0.15, 0.2) is 11.7 Å². The van der Waals surface area contributed by atoms with Crippen LogP contribution in [0.1, 0.15) is 5.56 Å². The van der Waals surface area contributed by atoms with Gasteiger partial charge in [0.25, 0.3) is 5.91 Å². The highest BCUT2D eigenvalue weighted by atomic mass is 35.5. The number of halogens is 1. The van der Waals surface area contributed by atoms with E-state index >= 15 is 0 Å². The molecule has 0 unspecified atom stereocenters. The maximum Gasteiger partial charge on any atom is 0.276 e. The zero-order chi connectivity index (χ0) is 18.1. The Hall–Kier alpha value is -2.51. The monoisotopic (exact) mass is 379 g/mol. The minimum Gasteiger partial charge on any atom is -0.497 e. The van der Waals surface area contributed by atoms with E-state index in [2.05, 4.69) is 16.2 Å². The molecule has 1 amide bonds. The van der Waals surface area contributed by atoms with Crippen LogP contribution in [0.4, 0.5) is 0 Å². The molecule has 0 saturated heterocycles. The Balaban J connectivity index is 1.66. The van der Waals surface area contributed by atoms with Crippen LogP contribution in [0.3, 0.4) is 0 Å². The molecule has 0 fully saturated rings. The van der Waals surface area contributed by atoms with Crippen LogP contribution >= 0.6 is 23.8 Å². The highest BCUT2D eigenvalue weighted by molar-refractivity contribution is 7.80. The number of para-hydroxylation sites is 1. The van der Waals surface area contributed by atoms with Crippen molar-refractivity contribution in [1.29, 1.82) is 0 Å². The summed E-state index contributed by atoms with van der Waals surface area (Å²) in [5.74, 6) is 0.850. The molecule has 0 atom stereocenters. The third kappa shape index (κ3) is 6.48. The van der Waals surface area contributed by atoms with E-state index in [4.69, 9.17) is 33.3 Å². The number of hydrazine groups is 1. The SMILES string of the molecule is COc1ccc(CNC(=S)NNC(=O)COc2ccccc2Cl)cc1. The second kappa shape index (κ2) is 9.71. The van der Waals surface area contributed by atoms with Gasteiger partial charge in [0.1, 0.15) is 11.5 Å². The van der Waals surface area contributed by atoms with E-state index in [0.717, 1.165) is 11.3 Å². The number of rotatable bonds is 6. The van der Waals surface area contributed by atoms with E-state index in [0.29, 0.717) is 22.4 Å². The molecule has 8 heteroatoms. The maximum absolute atomic E-state index is 11.7. The lowest BCUT2D eigenvalue weighted by molar-refractivity contribution is -0.123. The normalized spacial score (nSPS) is 9.84. The van der Waals surface area contributed by atoms with Gasteiger partial charge in [-0.05, 0) is 42.0 Å². The fraction of sp³-hybridized carbons (Fsp3) is 0.176. The summed E-state index contributed by atoms with van der Waals surface area (Å²) in [6.45, 7) is 0.333. The summed E-state index contributed by atoms with van der Waals surface area (Å²) in [7, 11) is 1.62. The average molecular weight is 380 g/mol. The van der Waals surface area contributed by atoms with Crippen LogP contribution in [0.5, 0.6) is 11.5 Å². The van der Waals surface area contributed by atoms with E-state index in [-0.39, 0.29) is 12.5 Å². The number of hydrogen-bond donors (Lipinski definition) is 3. The van der Waals surface area contributed by atoms with Crippen LogP contribution in [0.15, 0.2) is 48.5 Å². The number of hydrogen-bond acceptors (Lipinski definition) is 4. The number of carbonyl (C=O) groups excluding carboxylic acids is 1. The van der Waals surface area contributed by atoms with Gasteiger partial charge in [0.05, 0.1) is 12.1 Å². The quantitative estimate of drug-likeness (QED) is 0.529. The van der Waals surface area contributed by atoms with Gasteiger partial charge in [-0.25, -0.2) is 0 Å². The largest absolute Gasteiger partial charge is 0.497 e. The van der Waals surface area contributed by atoms with Crippen molar-refractivity contribution in [3.63, 3.8) is 0 Å².